The van der Waals surface area contributed by atoms with E-state index in [1.165, 1.54) is 23.4 Å². The molecule has 0 unspecified atom stereocenters. The minimum Gasteiger partial charge on any atom is -0.501 e. The molecule has 0 bridgehead atoms. The van der Waals surface area contributed by atoms with Crippen molar-refractivity contribution in [1.82, 2.24) is 4.98 Å². The van der Waals surface area contributed by atoms with Gasteiger partial charge in [0.2, 0.25) is 5.75 Å². The van der Waals surface area contributed by atoms with Gasteiger partial charge in [0.25, 0.3) is 5.91 Å². The van der Waals surface area contributed by atoms with Crippen LogP contribution in [-0.2, 0) is 0 Å². The predicted octanol–water partition coefficient (Wildman–Crippen LogP) is 2.39. The number of nitro groups is 1. The SMILES string of the molecule is O=C(c1cc(Cl)c(O)c([N+](=O)[O-])c1)N1CCOc2ccncc21. The van der Waals surface area contributed by atoms with Crippen LogP contribution in [0.3, 0.4) is 0 Å². The lowest BCUT2D eigenvalue weighted by Crippen LogP contribution is -2.38. The van der Waals surface area contributed by atoms with E-state index in [0.29, 0.717) is 11.4 Å². The first-order chi connectivity index (χ1) is 11.0. The van der Waals surface area contributed by atoms with Gasteiger partial charge >= 0.3 is 5.69 Å². The van der Waals surface area contributed by atoms with Gasteiger partial charge in [-0.25, -0.2) is 0 Å². The molecule has 1 aliphatic rings. The third kappa shape index (κ3) is 2.64. The summed E-state index contributed by atoms with van der Waals surface area (Å²) in [5, 5.41) is 20.3. The Bertz CT molecular complexity index is 811. The van der Waals surface area contributed by atoms with E-state index in [1.807, 2.05) is 0 Å². The van der Waals surface area contributed by atoms with Crippen molar-refractivity contribution in [3.63, 3.8) is 0 Å². The predicted molar refractivity (Wildman–Crippen MR) is 81.2 cm³/mol. The maximum absolute atomic E-state index is 12.7. The molecule has 1 N–H and O–H groups in total. The van der Waals surface area contributed by atoms with Crippen molar-refractivity contribution in [2.75, 3.05) is 18.1 Å². The standard InChI is InChI=1S/C14H10ClN3O5/c15-9-5-8(6-10(13(9)19)18(21)22)14(20)17-3-4-23-12-1-2-16-7-11(12)17/h1-2,5-7,19H,3-4H2. The lowest BCUT2D eigenvalue weighted by atomic mass is 10.1. The molecule has 0 aliphatic carbocycles. The molecule has 1 aliphatic heterocycles. The fourth-order valence-electron chi connectivity index (χ4n) is 2.28. The number of amides is 1. The van der Waals surface area contributed by atoms with Gasteiger partial charge in [-0.2, -0.15) is 0 Å². The number of aromatic hydroxyl groups is 1. The summed E-state index contributed by atoms with van der Waals surface area (Å²) in [6, 6.07) is 3.81. The van der Waals surface area contributed by atoms with Gasteiger partial charge in [0.05, 0.1) is 22.7 Å². The Kier molecular flexibility index (Phi) is 3.75. The van der Waals surface area contributed by atoms with Crippen LogP contribution in [0.2, 0.25) is 5.02 Å². The zero-order valence-corrected chi connectivity index (χ0v) is 12.4. The van der Waals surface area contributed by atoms with Gasteiger partial charge in [0, 0.05) is 23.9 Å². The second-order valence-electron chi connectivity index (χ2n) is 4.73. The number of halogens is 1. The molecular weight excluding hydrogens is 326 g/mol. The van der Waals surface area contributed by atoms with Crippen LogP contribution in [0.15, 0.2) is 30.6 Å². The molecule has 1 amide bonds. The Balaban J connectivity index is 2.04. The van der Waals surface area contributed by atoms with Gasteiger partial charge in [0.1, 0.15) is 18.0 Å². The largest absolute Gasteiger partial charge is 0.501 e. The number of nitrogens with zero attached hydrogens (tertiary/aromatic N) is 3. The summed E-state index contributed by atoms with van der Waals surface area (Å²) in [6.07, 6.45) is 3.01. The first-order valence-electron chi connectivity index (χ1n) is 6.54. The number of benzene rings is 1. The Labute approximate surface area is 135 Å². The number of pyridine rings is 1. The van der Waals surface area contributed by atoms with Crippen molar-refractivity contribution in [1.29, 1.82) is 0 Å². The average molecular weight is 336 g/mol. The van der Waals surface area contributed by atoms with E-state index < -0.39 is 22.3 Å². The Hall–Kier alpha value is -2.87. The molecule has 0 fully saturated rings. The molecule has 2 heterocycles. The van der Waals surface area contributed by atoms with E-state index in [-0.39, 0.29) is 23.7 Å². The molecule has 8 nitrogen and oxygen atoms in total. The van der Waals surface area contributed by atoms with E-state index in [9.17, 15) is 20.0 Å². The number of rotatable bonds is 2. The Morgan fingerprint density at radius 3 is 3.00 bits per heavy atom. The lowest BCUT2D eigenvalue weighted by molar-refractivity contribution is -0.385. The summed E-state index contributed by atoms with van der Waals surface area (Å²) in [5.74, 6) is -0.663. The molecule has 1 aromatic heterocycles. The normalized spacial score (nSPS) is 13.2. The van der Waals surface area contributed by atoms with Gasteiger partial charge in [0.15, 0.2) is 0 Å². The van der Waals surface area contributed by atoms with E-state index in [0.717, 1.165) is 6.07 Å². The molecule has 0 radical (unpaired) electrons. The first-order valence-corrected chi connectivity index (χ1v) is 6.92. The monoisotopic (exact) mass is 335 g/mol. The highest BCUT2D eigenvalue weighted by Crippen LogP contribution is 2.36. The van der Waals surface area contributed by atoms with Gasteiger partial charge < -0.3 is 14.7 Å². The molecule has 9 heteroatoms. The second kappa shape index (κ2) is 5.73. The number of phenolic OH excluding ortho intramolecular Hbond substituents is 1. The van der Waals surface area contributed by atoms with Crippen molar-refractivity contribution in [3.05, 3.63) is 51.3 Å². The number of hydrogen-bond donors (Lipinski definition) is 1. The third-order valence-electron chi connectivity index (χ3n) is 3.36. The van der Waals surface area contributed by atoms with E-state index in [1.54, 1.807) is 6.07 Å². The molecule has 0 saturated heterocycles. The zero-order valence-electron chi connectivity index (χ0n) is 11.6. The molecule has 2 aromatic rings. The van der Waals surface area contributed by atoms with Crippen molar-refractivity contribution in [2.24, 2.45) is 0 Å². The third-order valence-corrected chi connectivity index (χ3v) is 3.64. The van der Waals surface area contributed by atoms with Gasteiger partial charge in [-0.05, 0) is 6.07 Å². The van der Waals surface area contributed by atoms with Crippen LogP contribution in [0.4, 0.5) is 11.4 Å². The number of phenols is 1. The van der Waals surface area contributed by atoms with Gasteiger partial charge in [-0.3, -0.25) is 19.9 Å². The summed E-state index contributed by atoms with van der Waals surface area (Å²) < 4.78 is 5.44. The summed E-state index contributed by atoms with van der Waals surface area (Å²) in [5.41, 5.74) is -0.160. The number of carbonyl (C=O) groups is 1. The number of fused-ring (bicyclic) bond motifs is 1. The number of ether oxygens (including phenoxy) is 1. The molecule has 0 atom stereocenters. The minimum absolute atomic E-state index is 0.00352. The molecule has 1 aromatic carbocycles. The van der Waals surface area contributed by atoms with Crippen LogP contribution in [0.1, 0.15) is 10.4 Å². The van der Waals surface area contributed by atoms with E-state index >= 15 is 0 Å². The highest BCUT2D eigenvalue weighted by atomic mass is 35.5. The van der Waals surface area contributed by atoms with Crippen molar-refractivity contribution in [3.8, 4) is 11.5 Å². The fraction of sp³-hybridized carbons (Fsp3) is 0.143. The molecule has 0 spiro atoms. The summed E-state index contributed by atoms with van der Waals surface area (Å²) in [4.78, 5) is 28.2. The summed E-state index contributed by atoms with van der Waals surface area (Å²) in [6.45, 7) is 0.556. The quantitative estimate of drug-likeness (QED) is 0.667. The molecule has 23 heavy (non-hydrogen) atoms. The fourth-order valence-corrected chi connectivity index (χ4v) is 2.49. The maximum atomic E-state index is 12.7. The minimum atomic E-state index is -0.799. The van der Waals surface area contributed by atoms with Crippen molar-refractivity contribution >= 4 is 28.9 Å². The summed E-state index contributed by atoms with van der Waals surface area (Å²) in [7, 11) is 0. The number of hydrogen-bond acceptors (Lipinski definition) is 6. The van der Waals surface area contributed by atoms with E-state index in [2.05, 4.69) is 4.98 Å². The molecular formula is C14H10ClN3O5. The molecule has 0 saturated carbocycles. The summed E-state index contributed by atoms with van der Waals surface area (Å²) >= 11 is 5.78. The van der Waals surface area contributed by atoms with Crippen molar-refractivity contribution < 1.29 is 19.6 Å². The topological polar surface area (TPSA) is 106 Å². The van der Waals surface area contributed by atoms with Crippen LogP contribution in [0.5, 0.6) is 11.5 Å². The number of anilines is 1. The Morgan fingerprint density at radius 2 is 2.26 bits per heavy atom. The lowest BCUT2D eigenvalue weighted by Gasteiger charge is -2.29. The molecule has 3 rings (SSSR count). The van der Waals surface area contributed by atoms with Crippen LogP contribution in [0.25, 0.3) is 0 Å². The van der Waals surface area contributed by atoms with Crippen molar-refractivity contribution in [2.45, 2.75) is 0 Å². The average Bonchev–Trinajstić information content (AvgIpc) is 2.55. The first kappa shape index (κ1) is 15.0. The highest BCUT2D eigenvalue weighted by Gasteiger charge is 2.28. The number of carbonyl (C=O) groups excluding carboxylic acids is 1. The Morgan fingerprint density at radius 1 is 1.48 bits per heavy atom. The highest BCUT2D eigenvalue weighted by molar-refractivity contribution is 6.33. The van der Waals surface area contributed by atoms with Gasteiger partial charge in [-0.1, -0.05) is 11.6 Å². The van der Waals surface area contributed by atoms with E-state index in [4.69, 9.17) is 16.3 Å². The van der Waals surface area contributed by atoms with Crippen LogP contribution >= 0.6 is 11.6 Å². The second-order valence-corrected chi connectivity index (χ2v) is 5.14. The van der Waals surface area contributed by atoms with Gasteiger partial charge in [-0.15, -0.1) is 0 Å². The van der Waals surface area contributed by atoms with Crippen LogP contribution in [-0.4, -0.2) is 34.1 Å². The van der Waals surface area contributed by atoms with Crippen LogP contribution < -0.4 is 9.64 Å². The smallest absolute Gasteiger partial charge is 0.313 e. The number of nitro benzene ring substituents is 1. The zero-order chi connectivity index (χ0) is 16.6. The number of aromatic nitrogens is 1. The maximum Gasteiger partial charge on any atom is 0.313 e. The van der Waals surface area contributed by atoms with Crippen LogP contribution in [0, 0.1) is 10.1 Å². The molecule has 118 valence electrons.